The number of rotatable bonds is 40. The Hall–Kier alpha value is -1.70. The maximum atomic E-state index is 12.6. The number of ether oxygens (including phenoxy) is 3. The molecule has 1 saturated heterocycles. The van der Waals surface area contributed by atoms with Gasteiger partial charge in [0.2, 0.25) is 0 Å². The first-order valence-electron chi connectivity index (χ1n) is 21.8. The zero-order valence-corrected chi connectivity index (χ0v) is 37.1. The number of phosphoric ester groups is 2. The molecule has 1 aliphatic rings. The molecule has 0 spiro atoms. The van der Waals surface area contributed by atoms with Crippen LogP contribution in [-0.2, 0) is 46.5 Å². The predicted molar refractivity (Wildman–Crippen MR) is 225 cm³/mol. The Morgan fingerprint density at radius 1 is 0.603 bits per heavy atom. The van der Waals surface area contributed by atoms with Crippen LogP contribution in [0.4, 0.5) is 0 Å². The van der Waals surface area contributed by atoms with E-state index in [2.05, 4.69) is 47.2 Å². The van der Waals surface area contributed by atoms with Crippen molar-refractivity contribution in [1.82, 2.24) is 0 Å². The van der Waals surface area contributed by atoms with Crippen LogP contribution in [0.2, 0.25) is 0 Å². The second-order valence-electron chi connectivity index (χ2n) is 15.0. The summed E-state index contributed by atoms with van der Waals surface area (Å²) in [6, 6.07) is 0. The van der Waals surface area contributed by atoms with Crippen LogP contribution >= 0.6 is 15.6 Å². The minimum Gasteiger partial charge on any atom is -0.462 e. The molecule has 0 aromatic heterocycles. The second-order valence-corrected chi connectivity index (χ2v) is 17.7. The monoisotopic (exact) mass is 866 g/mol. The van der Waals surface area contributed by atoms with E-state index >= 15 is 0 Å². The lowest BCUT2D eigenvalue weighted by molar-refractivity contribution is -0.161. The molecule has 4 N–H and O–H groups in total. The number of aliphatic hydroxyl groups excluding tert-OH is 1. The van der Waals surface area contributed by atoms with Gasteiger partial charge in [-0.25, -0.2) is 9.13 Å². The van der Waals surface area contributed by atoms with Gasteiger partial charge in [0.25, 0.3) is 0 Å². The minimum absolute atomic E-state index is 0.0532. The third kappa shape index (κ3) is 35.1. The Morgan fingerprint density at radius 3 is 1.74 bits per heavy atom. The van der Waals surface area contributed by atoms with Gasteiger partial charge < -0.3 is 34.0 Å². The average molecular weight is 867 g/mol. The molecule has 0 aromatic rings. The van der Waals surface area contributed by atoms with Crippen molar-refractivity contribution in [1.29, 1.82) is 0 Å². The minimum atomic E-state index is -4.87. The lowest BCUT2D eigenvalue weighted by atomic mass is 10.0. The van der Waals surface area contributed by atoms with E-state index < -0.39 is 66.2 Å². The fourth-order valence-electron chi connectivity index (χ4n) is 6.02. The highest BCUT2D eigenvalue weighted by molar-refractivity contribution is 7.47. The van der Waals surface area contributed by atoms with Crippen LogP contribution in [0.25, 0.3) is 0 Å². The zero-order valence-electron chi connectivity index (χ0n) is 35.3. The molecule has 1 aliphatic heterocycles. The van der Waals surface area contributed by atoms with Crippen molar-refractivity contribution in [2.75, 3.05) is 26.4 Å². The number of esters is 2. The van der Waals surface area contributed by atoms with E-state index in [1.54, 1.807) is 0 Å². The third-order valence-corrected chi connectivity index (χ3v) is 10.9. The van der Waals surface area contributed by atoms with Gasteiger partial charge in [0.15, 0.2) is 6.10 Å². The summed E-state index contributed by atoms with van der Waals surface area (Å²) in [6.07, 6.45) is 34.6. The summed E-state index contributed by atoms with van der Waals surface area (Å²) >= 11 is 0. The molecule has 16 heteroatoms. The number of allylic oxidation sites excluding steroid dienone is 5. The number of carbonyl (C=O) groups is 2. The van der Waals surface area contributed by atoms with Crippen molar-refractivity contribution >= 4 is 27.6 Å². The van der Waals surface area contributed by atoms with Crippen LogP contribution in [0.5, 0.6) is 0 Å². The molecule has 0 saturated carbocycles. The van der Waals surface area contributed by atoms with Crippen LogP contribution in [0.15, 0.2) is 36.5 Å². The topological polar surface area (TPSA) is 208 Å². The number of carbonyl (C=O) groups excluding carboxylic acids is 2. The quantitative estimate of drug-likeness (QED) is 0.0149. The molecule has 0 aromatic carbocycles. The van der Waals surface area contributed by atoms with Crippen LogP contribution in [-0.4, -0.2) is 82.6 Å². The largest absolute Gasteiger partial charge is 0.472 e. The molecular formula is C42H76O14P2. The summed E-state index contributed by atoms with van der Waals surface area (Å²) < 4.78 is 53.4. The van der Waals surface area contributed by atoms with Crippen LogP contribution in [0.1, 0.15) is 168 Å². The van der Waals surface area contributed by atoms with Crippen LogP contribution in [0, 0.1) is 0 Å². The summed E-state index contributed by atoms with van der Waals surface area (Å²) in [5.74, 6) is -1.10. The highest BCUT2D eigenvalue weighted by Crippen LogP contribution is 2.44. The van der Waals surface area contributed by atoms with E-state index in [-0.39, 0.29) is 12.8 Å². The van der Waals surface area contributed by atoms with Crippen LogP contribution in [0.3, 0.4) is 0 Å². The second kappa shape index (κ2) is 35.0. The van der Waals surface area contributed by atoms with E-state index in [4.69, 9.17) is 28.5 Å². The van der Waals surface area contributed by atoms with E-state index in [1.807, 2.05) is 12.2 Å². The van der Waals surface area contributed by atoms with E-state index in [1.165, 1.54) is 77.0 Å². The molecule has 0 amide bonds. The molecule has 3 unspecified atom stereocenters. The number of aliphatic hydroxyl groups is 1. The van der Waals surface area contributed by atoms with Gasteiger partial charge in [-0.1, -0.05) is 147 Å². The normalized spacial score (nSPS) is 17.9. The summed E-state index contributed by atoms with van der Waals surface area (Å²) in [4.78, 5) is 52.6. The molecule has 0 aliphatic carbocycles. The lowest BCUT2D eigenvalue weighted by Crippen LogP contribution is -2.29. The van der Waals surface area contributed by atoms with Gasteiger partial charge >= 0.3 is 27.6 Å². The summed E-state index contributed by atoms with van der Waals surface area (Å²) in [5, 5.41) is 9.74. The lowest BCUT2D eigenvalue weighted by Gasteiger charge is -2.20. The third-order valence-electron chi connectivity index (χ3n) is 9.45. The molecule has 5 atom stereocenters. The van der Waals surface area contributed by atoms with Gasteiger partial charge in [0.05, 0.1) is 32.0 Å². The SMILES string of the molecule is CCCCCCCCCCCCCCCC(=O)OC[C@H](COP(=O)(O)OC[C@@H](O)COP(=O)(O)O)OC(=O)CCC/C=C\C/C=C\C/C=C\CC1OC1CCCCC. The molecule has 1 heterocycles. The number of hydrogen-bond acceptors (Lipinski definition) is 11. The smallest absolute Gasteiger partial charge is 0.462 e. The Bertz CT molecular complexity index is 1240. The van der Waals surface area contributed by atoms with Crippen molar-refractivity contribution in [3.05, 3.63) is 36.5 Å². The first-order valence-corrected chi connectivity index (χ1v) is 24.8. The molecule has 14 nitrogen and oxygen atoms in total. The first kappa shape index (κ1) is 54.3. The van der Waals surface area contributed by atoms with Gasteiger partial charge in [0, 0.05) is 12.8 Å². The highest BCUT2D eigenvalue weighted by atomic mass is 31.2. The molecule has 0 bridgehead atoms. The molecule has 338 valence electrons. The van der Waals surface area contributed by atoms with Gasteiger partial charge in [-0.15, -0.1) is 0 Å². The van der Waals surface area contributed by atoms with E-state index in [9.17, 15) is 28.7 Å². The maximum absolute atomic E-state index is 12.6. The molecule has 0 radical (unpaired) electrons. The fraction of sp³-hybridized carbons (Fsp3) is 0.810. The maximum Gasteiger partial charge on any atom is 0.472 e. The number of phosphoric acid groups is 2. The van der Waals surface area contributed by atoms with Crippen molar-refractivity contribution in [2.45, 2.75) is 192 Å². The van der Waals surface area contributed by atoms with Gasteiger partial charge in [-0.05, 0) is 44.9 Å². The first-order chi connectivity index (χ1) is 27.8. The molecular weight excluding hydrogens is 790 g/mol. The standard InChI is InChI=1S/C42H76O14P2/c1-3-5-7-8-9-10-11-12-13-17-20-23-27-31-41(44)51-35-38(36-54-58(49,50)53-34-37(43)33-52-57(46,47)48)55-42(45)32-28-24-21-18-15-14-16-19-22-26-30-40-39(56-40)29-25-6-4-2/h14,16,18,21-22,26,37-40,43H,3-13,15,17,19-20,23-25,27-36H2,1-2H3,(H,49,50)(H2,46,47,48)/b16-14-,21-18-,26-22-/t37-,38+,39?,40?/m0/s1. The van der Waals surface area contributed by atoms with Gasteiger partial charge in [0.1, 0.15) is 12.7 Å². The summed E-state index contributed by atoms with van der Waals surface area (Å²) in [6.45, 7) is 1.67. The van der Waals surface area contributed by atoms with Crippen LogP contribution < -0.4 is 0 Å². The van der Waals surface area contributed by atoms with Crippen molar-refractivity contribution in [3.8, 4) is 0 Å². The highest BCUT2D eigenvalue weighted by Gasteiger charge is 2.36. The number of unbranched alkanes of at least 4 members (excludes halogenated alkanes) is 15. The average Bonchev–Trinajstić information content (AvgIpc) is 3.94. The van der Waals surface area contributed by atoms with Crippen molar-refractivity contribution in [2.24, 2.45) is 0 Å². The summed E-state index contributed by atoms with van der Waals surface area (Å²) in [5.41, 5.74) is 0. The van der Waals surface area contributed by atoms with Gasteiger partial charge in [-0.2, -0.15) is 0 Å². The predicted octanol–water partition coefficient (Wildman–Crippen LogP) is 9.88. The van der Waals surface area contributed by atoms with Crippen molar-refractivity contribution < 1.29 is 66.3 Å². The molecule has 1 rings (SSSR count). The molecule has 1 fully saturated rings. The fourth-order valence-corrected chi connectivity index (χ4v) is 7.18. The Morgan fingerprint density at radius 2 is 1.12 bits per heavy atom. The van der Waals surface area contributed by atoms with Gasteiger partial charge in [-0.3, -0.25) is 23.2 Å². The number of hydrogen-bond donors (Lipinski definition) is 4. The Balaban J connectivity index is 2.39. The van der Waals surface area contributed by atoms with Crippen molar-refractivity contribution in [3.63, 3.8) is 0 Å². The summed E-state index contributed by atoms with van der Waals surface area (Å²) in [7, 11) is -9.69. The Labute approximate surface area is 348 Å². The number of epoxide rings is 1. The zero-order chi connectivity index (χ0) is 42.7. The Kier molecular flexibility index (Phi) is 32.7. The van der Waals surface area contributed by atoms with E-state index in [0.29, 0.717) is 31.5 Å². The molecule has 58 heavy (non-hydrogen) atoms. The van der Waals surface area contributed by atoms with E-state index in [0.717, 1.165) is 44.9 Å².